The number of para-hydroxylation sites is 1. The van der Waals surface area contributed by atoms with Gasteiger partial charge in [0.05, 0.1) is 38.3 Å². The number of amides is 1. The topological polar surface area (TPSA) is 76.2 Å². The van der Waals surface area contributed by atoms with Crippen molar-refractivity contribution in [3.05, 3.63) is 54.1 Å². The number of nitrogens with zero attached hydrogens (tertiary/aromatic N) is 2. The Bertz CT molecular complexity index is 1010. The number of carbonyl (C=O) groups excluding carboxylic acids is 1. The van der Waals surface area contributed by atoms with Crippen LogP contribution < -0.4 is 14.4 Å². The molecule has 0 N–H and O–H groups in total. The predicted molar refractivity (Wildman–Crippen MR) is 110 cm³/mol. The van der Waals surface area contributed by atoms with E-state index >= 15 is 0 Å². The van der Waals surface area contributed by atoms with E-state index in [0.717, 1.165) is 11.3 Å². The molecule has 2 aliphatic rings. The SMILES string of the molecule is COc1ccc(CN2CC(=O)N(c3ccccc3)C3CS(=O)(=O)CC32)cc1OC. The fraction of sp³-hybridized carbons (Fsp3) is 0.381. The molecule has 2 aromatic rings. The summed E-state index contributed by atoms with van der Waals surface area (Å²) in [5, 5.41) is 0. The van der Waals surface area contributed by atoms with Crippen molar-refractivity contribution in [3.8, 4) is 11.5 Å². The first kappa shape index (κ1) is 19.7. The van der Waals surface area contributed by atoms with E-state index < -0.39 is 9.84 Å². The first-order valence-electron chi connectivity index (χ1n) is 9.44. The standard InChI is InChI=1S/C21H24N2O5S/c1-27-19-9-8-15(10-20(19)28-2)11-22-12-21(24)23(16-6-4-3-5-7-16)18-14-29(25,26)13-17(18)22/h3-10,17-18H,11-14H2,1-2H3. The highest BCUT2D eigenvalue weighted by atomic mass is 32.2. The second kappa shape index (κ2) is 7.68. The van der Waals surface area contributed by atoms with E-state index in [0.29, 0.717) is 18.0 Å². The monoisotopic (exact) mass is 416 g/mol. The molecule has 154 valence electrons. The molecule has 7 nitrogen and oxygen atoms in total. The smallest absolute Gasteiger partial charge is 0.241 e. The van der Waals surface area contributed by atoms with Crippen LogP contribution in [0.3, 0.4) is 0 Å². The van der Waals surface area contributed by atoms with Gasteiger partial charge in [0, 0.05) is 18.3 Å². The van der Waals surface area contributed by atoms with Crippen LogP contribution in [0.5, 0.6) is 11.5 Å². The molecule has 2 atom stereocenters. The van der Waals surface area contributed by atoms with Gasteiger partial charge < -0.3 is 14.4 Å². The molecule has 29 heavy (non-hydrogen) atoms. The number of hydrogen-bond acceptors (Lipinski definition) is 6. The van der Waals surface area contributed by atoms with Crippen molar-refractivity contribution in [2.24, 2.45) is 0 Å². The largest absolute Gasteiger partial charge is 0.493 e. The molecule has 0 spiro atoms. The van der Waals surface area contributed by atoms with E-state index in [4.69, 9.17) is 9.47 Å². The lowest BCUT2D eigenvalue weighted by Crippen LogP contribution is -2.61. The lowest BCUT2D eigenvalue weighted by Gasteiger charge is -2.43. The van der Waals surface area contributed by atoms with Crippen LogP contribution >= 0.6 is 0 Å². The van der Waals surface area contributed by atoms with Crippen molar-refractivity contribution >= 4 is 21.4 Å². The van der Waals surface area contributed by atoms with Crippen LogP contribution in [0.25, 0.3) is 0 Å². The molecule has 0 aliphatic carbocycles. The van der Waals surface area contributed by atoms with Crippen molar-refractivity contribution in [1.29, 1.82) is 0 Å². The van der Waals surface area contributed by atoms with Crippen molar-refractivity contribution in [2.75, 3.05) is 37.2 Å². The Morgan fingerprint density at radius 2 is 1.66 bits per heavy atom. The average molecular weight is 416 g/mol. The number of anilines is 1. The predicted octanol–water partition coefficient (Wildman–Crippen LogP) is 1.72. The second-order valence-corrected chi connectivity index (χ2v) is 9.56. The summed E-state index contributed by atoms with van der Waals surface area (Å²) in [5.74, 6) is 1.19. The summed E-state index contributed by atoms with van der Waals surface area (Å²) in [6.07, 6.45) is 0. The third kappa shape index (κ3) is 3.82. The first-order chi connectivity index (χ1) is 13.9. The van der Waals surface area contributed by atoms with E-state index in [1.165, 1.54) is 0 Å². The van der Waals surface area contributed by atoms with Gasteiger partial charge in [-0.25, -0.2) is 8.42 Å². The summed E-state index contributed by atoms with van der Waals surface area (Å²) in [6, 6.07) is 14.3. The highest BCUT2D eigenvalue weighted by Gasteiger charge is 2.49. The van der Waals surface area contributed by atoms with Gasteiger partial charge >= 0.3 is 0 Å². The maximum atomic E-state index is 13.0. The minimum absolute atomic E-state index is 0.0132. The summed E-state index contributed by atoms with van der Waals surface area (Å²) in [4.78, 5) is 16.7. The average Bonchev–Trinajstić information content (AvgIpc) is 3.03. The molecule has 2 fully saturated rings. The Morgan fingerprint density at radius 1 is 0.966 bits per heavy atom. The molecule has 0 saturated carbocycles. The Balaban J connectivity index is 1.64. The highest BCUT2D eigenvalue weighted by molar-refractivity contribution is 7.91. The molecule has 2 aromatic carbocycles. The summed E-state index contributed by atoms with van der Waals surface area (Å²) in [5.41, 5.74) is 1.68. The van der Waals surface area contributed by atoms with Gasteiger partial charge in [-0.1, -0.05) is 24.3 Å². The molecule has 2 saturated heterocycles. The molecule has 4 rings (SSSR count). The molecule has 8 heteroatoms. The van der Waals surface area contributed by atoms with Crippen molar-refractivity contribution in [1.82, 2.24) is 4.90 Å². The minimum Gasteiger partial charge on any atom is -0.493 e. The lowest BCUT2D eigenvalue weighted by molar-refractivity contribution is -0.123. The van der Waals surface area contributed by atoms with E-state index in [2.05, 4.69) is 0 Å². The molecule has 0 aromatic heterocycles. The zero-order valence-electron chi connectivity index (χ0n) is 16.4. The van der Waals surface area contributed by atoms with Crippen LogP contribution in [0.1, 0.15) is 5.56 Å². The molecule has 2 aliphatic heterocycles. The molecule has 2 unspecified atom stereocenters. The summed E-state index contributed by atoms with van der Waals surface area (Å²) >= 11 is 0. The van der Waals surface area contributed by atoms with Crippen LogP contribution in [0, 0.1) is 0 Å². The zero-order chi connectivity index (χ0) is 20.6. The number of methoxy groups -OCH3 is 2. The number of carbonyl (C=O) groups is 1. The van der Waals surface area contributed by atoms with Crippen molar-refractivity contribution < 1.29 is 22.7 Å². The van der Waals surface area contributed by atoms with Crippen molar-refractivity contribution in [3.63, 3.8) is 0 Å². The molecule has 1 amide bonds. The van der Waals surface area contributed by atoms with Gasteiger partial charge in [0.1, 0.15) is 0 Å². The number of benzene rings is 2. The maximum absolute atomic E-state index is 13.0. The van der Waals surface area contributed by atoms with E-state index in [-0.39, 0.29) is 36.0 Å². The molecule has 0 bridgehead atoms. The molecular formula is C21H24N2O5S. The maximum Gasteiger partial charge on any atom is 0.241 e. The van der Waals surface area contributed by atoms with E-state index in [9.17, 15) is 13.2 Å². The van der Waals surface area contributed by atoms with Crippen molar-refractivity contribution in [2.45, 2.75) is 18.6 Å². The lowest BCUT2D eigenvalue weighted by atomic mass is 10.0. The van der Waals surface area contributed by atoms with Gasteiger partial charge in [-0.3, -0.25) is 9.69 Å². The first-order valence-corrected chi connectivity index (χ1v) is 11.3. The number of piperazine rings is 1. The Morgan fingerprint density at radius 3 is 2.34 bits per heavy atom. The summed E-state index contributed by atoms with van der Waals surface area (Å²) in [6.45, 7) is 0.630. The molecular weight excluding hydrogens is 392 g/mol. The third-order valence-corrected chi connectivity index (χ3v) is 7.27. The highest BCUT2D eigenvalue weighted by Crippen LogP contribution is 2.33. The second-order valence-electron chi connectivity index (χ2n) is 7.41. The van der Waals surface area contributed by atoms with Gasteiger partial charge in [-0.05, 0) is 29.8 Å². The fourth-order valence-electron chi connectivity index (χ4n) is 4.27. The fourth-order valence-corrected chi connectivity index (χ4v) is 6.25. The Labute approximate surface area is 170 Å². The van der Waals surface area contributed by atoms with Gasteiger partial charge in [-0.15, -0.1) is 0 Å². The van der Waals surface area contributed by atoms with Crippen LogP contribution in [-0.2, 0) is 21.2 Å². The molecule has 2 heterocycles. The van der Waals surface area contributed by atoms with E-state index in [1.54, 1.807) is 19.1 Å². The number of sulfone groups is 1. The van der Waals surface area contributed by atoms with Gasteiger partial charge in [-0.2, -0.15) is 0 Å². The third-order valence-electron chi connectivity index (χ3n) is 5.57. The zero-order valence-corrected chi connectivity index (χ0v) is 17.3. The normalized spacial score (nSPS) is 23.7. The number of rotatable bonds is 5. The van der Waals surface area contributed by atoms with Gasteiger partial charge in [0.25, 0.3) is 0 Å². The summed E-state index contributed by atoms with van der Waals surface area (Å²) in [7, 11) is -0.0730. The minimum atomic E-state index is -3.22. The quantitative estimate of drug-likeness (QED) is 0.739. The van der Waals surface area contributed by atoms with E-state index in [1.807, 2.05) is 53.4 Å². The Kier molecular flexibility index (Phi) is 5.23. The Hall–Kier alpha value is -2.58. The number of ether oxygens (including phenoxy) is 2. The van der Waals surface area contributed by atoms with Crippen LogP contribution in [0.15, 0.2) is 48.5 Å². The van der Waals surface area contributed by atoms with Gasteiger partial charge in [0.2, 0.25) is 5.91 Å². The van der Waals surface area contributed by atoms with Gasteiger partial charge in [0.15, 0.2) is 21.3 Å². The number of fused-ring (bicyclic) bond motifs is 1. The number of hydrogen-bond donors (Lipinski definition) is 0. The molecule has 0 radical (unpaired) electrons. The van der Waals surface area contributed by atoms with Crippen LogP contribution in [0.2, 0.25) is 0 Å². The van der Waals surface area contributed by atoms with Crippen LogP contribution in [0.4, 0.5) is 5.69 Å². The van der Waals surface area contributed by atoms with Crippen LogP contribution in [-0.4, -0.2) is 63.6 Å². The summed E-state index contributed by atoms with van der Waals surface area (Å²) < 4.78 is 35.6.